The van der Waals surface area contributed by atoms with Crippen molar-refractivity contribution in [1.29, 1.82) is 0 Å². The molecule has 0 aliphatic carbocycles. The van der Waals surface area contributed by atoms with Gasteiger partial charge >= 0.3 is 11.3 Å². The molecule has 2 aliphatic rings. The van der Waals surface area contributed by atoms with Gasteiger partial charge in [-0.05, 0) is 49.2 Å². The summed E-state index contributed by atoms with van der Waals surface area (Å²) in [6.45, 7) is 5.47. The zero-order valence-corrected chi connectivity index (χ0v) is 16.4. The third-order valence-electron chi connectivity index (χ3n) is 5.22. The van der Waals surface area contributed by atoms with Gasteiger partial charge in [0.1, 0.15) is 12.0 Å². The molecule has 1 N–H and O–H groups in total. The number of nitrogens with one attached hydrogen (secondary N) is 1. The van der Waals surface area contributed by atoms with Gasteiger partial charge < -0.3 is 14.8 Å². The minimum atomic E-state index is 0.110. The molecule has 2 aromatic heterocycles. The fourth-order valence-corrected chi connectivity index (χ4v) is 4.46. The molecule has 0 amide bonds. The molecule has 1 fully saturated rings. The van der Waals surface area contributed by atoms with Gasteiger partial charge in [0, 0.05) is 29.1 Å². The Hall–Kier alpha value is -2.50. The van der Waals surface area contributed by atoms with Gasteiger partial charge in [-0.25, -0.2) is 9.97 Å². The predicted molar refractivity (Wildman–Crippen MR) is 108 cm³/mol. The Bertz CT molecular complexity index is 1000. The average Bonchev–Trinajstić information content (AvgIpc) is 3.37. The number of rotatable bonds is 2. The molecule has 28 heavy (non-hydrogen) atoms. The molecule has 0 radical (unpaired) electrons. The molecule has 0 bridgehead atoms. The first-order valence-electron chi connectivity index (χ1n) is 8.89. The van der Waals surface area contributed by atoms with Gasteiger partial charge in [0.15, 0.2) is 11.0 Å². The Morgan fingerprint density at radius 2 is 1.89 bits per heavy atom. The molecule has 0 unspecified atom stereocenters. The van der Waals surface area contributed by atoms with E-state index in [1.807, 2.05) is 36.5 Å². The van der Waals surface area contributed by atoms with E-state index in [2.05, 4.69) is 37.5 Å². The summed E-state index contributed by atoms with van der Waals surface area (Å²) in [4.78, 5) is 11.2. The van der Waals surface area contributed by atoms with Crippen LogP contribution in [-0.2, 0) is 4.65 Å². The molecule has 2 aliphatic heterocycles. The van der Waals surface area contributed by atoms with Crippen LogP contribution in [0, 0.1) is 6.65 Å². The summed E-state index contributed by atoms with van der Waals surface area (Å²) in [6, 6.07) is 12.4. The number of hydrogen-bond donors (Lipinski definition) is 1. The summed E-state index contributed by atoms with van der Waals surface area (Å²) in [7, 11) is 0. The summed E-state index contributed by atoms with van der Waals surface area (Å²) in [5, 5.41) is 4.91. The van der Waals surface area contributed by atoms with Gasteiger partial charge in [-0.15, -0.1) is 0 Å². The Labute approximate surface area is 172 Å². The summed E-state index contributed by atoms with van der Waals surface area (Å²) >= 11 is 12.5. The standard InChI is InChI=1S/C19H17Cl2N5.CO/c20-12-5-7-13(8-6-12)24-16-14-3-1-9-25(14)17-18(21)22-11-23-19(17)26-10-2-4-15(16)26;1-2/h1,3,5-9,11,15-16,24H,2,4,10H2;/t15-,16-;/m0./s1. The third kappa shape index (κ3) is 3.15. The normalized spacial score (nSPS) is 19.5. The number of nitrogens with zero attached hydrogens (tertiary/aromatic N) is 4. The minimum absolute atomic E-state index is 0.110. The van der Waals surface area contributed by atoms with E-state index in [-0.39, 0.29) is 6.04 Å². The number of anilines is 2. The molecule has 5 rings (SSSR count). The van der Waals surface area contributed by atoms with Crippen LogP contribution < -0.4 is 10.2 Å². The quantitative estimate of drug-likeness (QED) is 0.376. The topological polar surface area (TPSA) is 65.9 Å². The van der Waals surface area contributed by atoms with Gasteiger partial charge in [-0.3, -0.25) is 0 Å². The molecule has 142 valence electrons. The van der Waals surface area contributed by atoms with Crippen LogP contribution in [0.3, 0.4) is 0 Å². The molecule has 1 saturated heterocycles. The van der Waals surface area contributed by atoms with Crippen molar-refractivity contribution in [1.82, 2.24) is 14.5 Å². The van der Waals surface area contributed by atoms with Crippen molar-refractivity contribution in [3.63, 3.8) is 0 Å². The first-order valence-corrected chi connectivity index (χ1v) is 9.65. The summed E-state index contributed by atoms with van der Waals surface area (Å²) in [5.74, 6) is 0.908. The Balaban J connectivity index is 0.000000932. The van der Waals surface area contributed by atoms with Crippen LogP contribution in [0.5, 0.6) is 0 Å². The van der Waals surface area contributed by atoms with Crippen LogP contribution in [0.2, 0.25) is 10.2 Å². The molecule has 0 spiro atoms. The van der Waals surface area contributed by atoms with E-state index in [9.17, 15) is 0 Å². The van der Waals surface area contributed by atoms with E-state index in [4.69, 9.17) is 27.9 Å². The van der Waals surface area contributed by atoms with Crippen LogP contribution in [0.25, 0.3) is 5.69 Å². The van der Waals surface area contributed by atoms with Crippen LogP contribution in [0.15, 0.2) is 48.9 Å². The first-order chi connectivity index (χ1) is 13.7. The summed E-state index contributed by atoms with van der Waals surface area (Å²) in [5.41, 5.74) is 3.07. The molecule has 2 atom stereocenters. The van der Waals surface area contributed by atoms with Crippen molar-refractivity contribution < 1.29 is 4.65 Å². The maximum absolute atomic E-state index is 7.50. The van der Waals surface area contributed by atoms with E-state index in [1.54, 1.807) is 6.33 Å². The summed E-state index contributed by atoms with van der Waals surface area (Å²) in [6.07, 6.45) is 5.80. The Kier molecular flexibility index (Phi) is 5.29. The molecular weight excluding hydrogens is 397 g/mol. The second-order valence-corrected chi connectivity index (χ2v) is 7.47. The monoisotopic (exact) mass is 413 g/mol. The fraction of sp³-hybridized carbons (Fsp3) is 0.250. The van der Waals surface area contributed by atoms with Crippen molar-refractivity contribution >= 4 is 34.7 Å². The van der Waals surface area contributed by atoms with Gasteiger partial charge in [0.2, 0.25) is 0 Å². The van der Waals surface area contributed by atoms with Gasteiger partial charge in [-0.1, -0.05) is 23.2 Å². The Morgan fingerprint density at radius 3 is 2.68 bits per heavy atom. The van der Waals surface area contributed by atoms with E-state index in [0.29, 0.717) is 11.2 Å². The van der Waals surface area contributed by atoms with Gasteiger partial charge in [-0.2, -0.15) is 0 Å². The fourth-order valence-electron chi connectivity index (χ4n) is 4.11. The second-order valence-electron chi connectivity index (χ2n) is 6.67. The van der Waals surface area contributed by atoms with E-state index < -0.39 is 0 Å². The number of benzene rings is 1. The number of halogens is 2. The molecule has 8 heteroatoms. The van der Waals surface area contributed by atoms with E-state index in [1.165, 1.54) is 0 Å². The van der Waals surface area contributed by atoms with E-state index >= 15 is 0 Å². The van der Waals surface area contributed by atoms with Crippen molar-refractivity contribution in [3.8, 4) is 5.69 Å². The Morgan fingerprint density at radius 1 is 1.11 bits per heavy atom. The maximum atomic E-state index is 7.50. The zero-order chi connectivity index (χ0) is 19.7. The molecule has 3 aromatic rings. The zero-order valence-electron chi connectivity index (χ0n) is 14.8. The van der Waals surface area contributed by atoms with Crippen LogP contribution in [0.1, 0.15) is 24.6 Å². The first kappa shape index (κ1) is 18.8. The molecular formula is C20H17Cl2N5O. The SMILES string of the molecule is Clc1ccc(N[C@H]2c3cccn3-c3c(Cl)ncnc3N3CCC[C@@H]23)cc1.[C-]#[O+]. The van der Waals surface area contributed by atoms with Gasteiger partial charge in [0.05, 0.1) is 12.1 Å². The molecule has 6 nitrogen and oxygen atoms in total. The van der Waals surface area contributed by atoms with E-state index in [0.717, 1.165) is 47.3 Å². The van der Waals surface area contributed by atoms with Crippen molar-refractivity contribution in [2.75, 3.05) is 16.8 Å². The van der Waals surface area contributed by atoms with Crippen molar-refractivity contribution in [3.05, 3.63) is 71.4 Å². The van der Waals surface area contributed by atoms with Crippen molar-refractivity contribution in [2.45, 2.75) is 24.9 Å². The van der Waals surface area contributed by atoms with Crippen LogP contribution in [-0.4, -0.2) is 27.1 Å². The van der Waals surface area contributed by atoms with Gasteiger partial charge in [0.25, 0.3) is 0 Å². The second kappa shape index (κ2) is 7.86. The predicted octanol–water partition coefficient (Wildman–Crippen LogP) is 4.67. The molecule has 1 aromatic carbocycles. The van der Waals surface area contributed by atoms with Crippen LogP contribution in [0.4, 0.5) is 11.5 Å². The third-order valence-corrected chi connectivity index (χ3v) is 5.75. The van der Waals surface area contributed by atoms with Crippen LogP contribution >= 0.6 is 23.2 Å². The number of hydrogen-bond acceptors (Lipinski definition) is 4. The summed E-state index contributed by atoms with van der Waals surface area (Å²) < 4.78 is 9.61. The molecule has 0 saturated carbocycles. The number of fused-ring (bicyclic) bond motifs is 5. The average molecular weight is 414 g/mol. The number of aromatic nitrogens is 3. The van der Waals surface area contributed by atoms with Crippen molar-refractivity contribution in [2.24, 2.45) is 0 Å². The molecule has 4 heterocycles.